The Bertz CT molecular complexity index is 244. The Hall–Kier alpha value is -0.550. The average Bonchev–Trinajstić information content (AvgIpc) is 2.63. The van der Waals surface area contributed by atoms with Crippen LogP contribution >= 0.6 is 11.8 Å². The van der Waals surface area contributed by atoms with Gasteiger partial charge in [0, 0.05) is 0 Å². The lowest BCUT2D eigenvalue weighted by Gasteiger charge is -2.28. The number of hydrogen-bond acceptors (Lipinski definition) is 5. The fourth-order valence-electron chi connectivity index (χ4n) is 1.52. The van der Waals surface area contributed by atoms with Gasteiger partial charge >= 0.3 is 5.97 Å². The molecule has 4 nitrogen and oxygen atoms in total. The van der Waals surface area contributed by atoms with Crippen molar-refractivity contribution in [3.05, 3.63) is 0 Å². The van der Waals surface area contributed by atoms with Gasteiger partial charge in [-0.15, -0.1) is 0 Å². The van der Waals surface area contributed by atoms with E-state index in [4.69, 9.17) is 4.74 Å². The second-order valence-electron chi connectivity index (χ2n) is 3.05. The van der Waals surface area contributed by atoms with Crippen molar-refractivity contribution < 1.29 is 14.3 Å². The monoisotopic (exact) mass is 201 g/mol. The van der Waals surface area contributed by atoms with Crippen LogP contribution in [-0.4, -0.2) is 36.2 Å². The number of esters is 1. The van der Waals surface area contributed by atoms with E-state index < -0.39 is 0 Å². The fraction of sp³-hybridized carbons (Fsp3) is 0.750. The second kappa shape index (κ2) is 3.67. The third-order valence-electron chi connectivity index (χ3n) is 2.25. The van der Waals surface area contributed by atoms with Gasteiger partial charge in [0.25, 0.3) is 0 Å². The predicted octanol–water partition coefficient (Wildman–Crippen LogP) is 0.808. The topological polar surface area (TPSA) is 47.9 Å². The van der Waals surface area contributed by atoms with Gasteiger partial charge in [0.05, 0.1) is 18.7 Å². The molecule has 1 saturated heterocycles. The minimum atomic E-state index is -0.388. The molecule has 0 amide bonds. The van der Waals surface area contributed by atoms with Crippen LogP contribution in [0.1, 0.15) is 12.8 Å². The first-order chi connectivity index (χ1) is 6.31. The van der Waals surface area contributed by atoms with Crippen LogP contribution in [0.25, 0.3) is 0 Å². The Balaban J connectivity index is 1.95. The maximum absolute atomic E-state index is 11.2. The molecule has 0 saturated carbocycles. The quantitative estimate of drug-likeness (QED) is 0.589. The van der Waals surface area contributed by atoms with Crippen LogP contribution in [0.15, 0.2) is 4.99 Å². The summed E-state index contributed by atoms with van der Waals surface area (Å²) in [5.41, 5.74) is 1.83. The Morgan fingerprint density at radius 3 is 3.31 bits per heavy atom. The number of thioether (sulfide) groups is 1. The van der Waals surface area contributed by atoms with Crippen LogP contribution < -0.4 is 0 Å². The third kappa shape index (κ3) is 1.71. The van der Waals surface area contributed by atoms with Gasteiger partial charge in [-0.05, 0) is 12.8 Å². The van der Waals surface area contributed by atoms with Crippen molar-refractivity contribution in [2.45, 2.75) is 30.4 Å². The number of aliphatic imine (C=N–C) groups is 1. The smallest absolute Gasteiger partial charge is 0.335 e. The predicted molar refractivity (Wildman–Crippen MR) is 49.8 cm³/mol. The number of carbonyl (C=O) groups excluding carboxylic acids is 1. The minimum absolute atomic E-state index is 0.0258. The summed E-state index contributed by atoms with van der Waals surface area (Å²) < 4.78 is 10.2. The van der Waals surface area contributed by atoms with Crippen molar-refractivity contribution in [1.29, 1.82) is 0 Å². The van der Waals surface area contributed by atoms with Gasteiger partial charge < -0.3 is 9.47 Å². The average molecular weight is 201 g/mol. The van der Waals surface area contributed by atoms with E-state index in [9.17, 15) is 4.79 Å². The minimum Gasteiger partial charge on any atom is -0.467 e. The van der Waals surface area contributed by atoms with E-state index in [0.717, 1.165) is 6.42 Å². The molecular formula is C8H11NO3S. The van der Waals surface area contributed by atoms with Crippen LogP contribution in [0.4, 0.5) is 0 Å². The van der Waals surface area contributed by atoms with Gasteiger partial charge in [-0.25, -0.2) is 4.79 Å². The van der Waals surface area contributed by atoms with Gasteiger partial charge in [-0.3, -0.25) is 4.99 Å². The zero-order valence-corrected chi connectivity index (χ0v) is 8.12. The largest absolute Gasteiger partial charge is 0.467 e. The van der Waals surface area contributed by atoms with Crippen molar-refractivity contribution in [2.24, 2.45) is 4.99 Å². The molecular weight excluding hydrogens is 190 g/mol. The lowest BCUT2D eigenvalue weighted by atomic mass is 10.1. The molecule has 0 radical (unpaired) electrons. The molecule has 2 aliphatic heterocycles. The molecule has 3 atom stereocenters. The molecule has 0 N–H and O–H groups in total. The van der Waals surface area contributed by atoms with Crippen LogP contribution in [0.2, 0.25) is 0 Å². The summed E-state index contributed by atoms with van der Waals surface area (Å²) in [5.74, 6) is -0.272. The molecule has 2 rings (SSSR count). The Morgan fingerprint density at radius 1 is 1.69 bits per heavy atom. The zero-order chi connectivity index (χ0) is 9.26. The summed E-state index contributed by atoms with van der Waals surface area (Å²) >= 11 is 1.54. The number of methoxy groups -OCH3 is 1. The molecule has 0 spiro atoms. The molecule has 3 unspecified atom stereocenters. The van der Waals surface area contributed by atoms with Crippen molar-refractivity contribution in [3.63, 3.8) is 0 Å². The van der Waals surface area contributed by atoms with Gasteiger partial charge in [0.2, 0.25) is 0 Å². The first kappa shape index (κ1) is 9.02. The summed E-state index contributed by atoms with van der Waals surface area (Å²) in [6.07, 6.45) is 1.24. The van der Waals surface area contributed by atoms with Gasteiger partial charge in [-0.1, -0.05) is 11.8 Å². The first-order valence-corrected chi connectivity index (χ1v) is 5.16. The number of nitrogens with zero attached hydrogens (tertiary/aromatic N) is 1. The second-order valence-corrected chi connectivity index (χ2v) is 4.00. The molecule has 0 bridgehead atoms. The van der Waals surface area contributed by atoms with Gasteiger partial charge in [0.15, 0.2) is 6.10 Å². The normalized spacial score (nSPS) is 37.2. The van der Waals surface area contributed by atoms with Crippen molar-refractivity contribution in [1.82, 2.24) is 0 Å². The molecule has 2 heterocycles. The third-order valence-corrected chi connectivity index (χ3v) is 3.19. The maximum Gasteiger partial charge on any atom is 0.335 e. The van der Waals surface area contributed by atoms with Gasteiger partial charge in [0.1, 0.15) is 5.44 Å². The van der Waals surface area contributed by atoms with E-state index in [2.05, 4.69) is 9.73 Å². The number of ether oxygens (including phenoxy) is 2. The van der Waals surface area contributed by atoms with Crippen LogP contribution in [-0.2, 0) is 14.3 Å². The summed E-state index contributed by atoms with van der Waals surface area (Å²) in [6.45, 7) is 0. The zero-order valence-electron chi connectivity index (χ0n) is 7.30. The molecule has 72 valence electrons. The summed E-state index contributed by atoms with van der Waals surface area (Å²) in [5, 5.41) is 0. The fourth-order valence-corrected chi connectivity index (χ4v) is 2.46. The maximum atomic E-state index is 11.2. The molecule has 0 aromatic carbocycles. The molecule has 13 heavy (non-hydrogen) atoms. The lowest BCUT2D eigenvalue weighted by molar-refractivity contribution is -0.158. The van der Waals surface area contributed by atoms with Crippen LogP contribution in [0, 0.1) is 0 Å². The van der Waals surface area contributed by atoms with E-state index in [1.807, 2.05) is 0 Å². The van der Waals surface area contributed by atoms with Crippen LogP contribution in [0.3, 0.4) is 0 Å². The molecule has 1 fully saturated rings. The van der Waals surface area contributed by atoms with E-state index in [-0.39, 0.29) is 23.6 Å². The number of carbonyl (C=O) groups is 1. The van der Waals surface area contributed by atoms with E-state index in [1.54, 1.807) is 5.55 Å². The highest BCUT2D eigenvalue weighted by atomic mass is 32.2. The standard InChI is InChI=1S/C8H11NO3S/c1-11-7(10)6-3-2-5-8(12-6)13-4-9-5/h4-6,8H,2-3H2,1H3. The van der Waals surface area contributed by atoms with Crippen LogP contribution in [0.5, 0.6) is 0 Å². The Morgan fingerprint density at radius 2 is 2.54 bits per heavy atom. The summed E-state index contributed by atoms with van der Waals surface area (Å²) in [6, 6.07) is 0.242. The molecule has 0 aromatic rings. The van der Waals surface area contributed by atoms with Crippen molar-refractivity contribution in [3.8, 4) is 0 Å². The van der Waals surface area contributed by atoms with Crippen molar-refractivity contribution in [2.75, 3.05) is 7.11 Å². The molecule has 5 heteroatoms. The first-order valence-electron chi connectivity index (χ1n) is 4.21. The number of hydrogen-bond donors (Lipinski definition) is 0. The Kier molecular flexibility index (Phi) is 2.55. The Labute approximate surface area is 80.7 Å². The van der Waals surface area contributed by atoms with E-state index in [0.29, 0.717) is 6.42 Å². The number of fused-ring (bicyclic) bond motifs is 1. The number of rotatable bonds is 1. The molecule has 0 aromatic heterocycles. The van der Waals surface area contributed by atoms with E-state index in [1.165, 1.54) is 18.9 Å². The highest BCUT2D eigenvalue weighted by molar-refractivity contribution is 8.12. The van der Waals surface area contributed by atoms with Crippen molar-refractivity contribution >= 4 is 23.3 Å². The highest BCUT2D eigenvalue weighted by Gasteiger charge is 2.37. The lowest BCUT2D eigenvalue weighted by Crippen LogP contribution is -2.38. The summed E-state index contributed by atoms with van der Waals surface area (Å²) in [4.78, 5) is 15.4. The molecule has 2 aliphatic rings. The highest BCUT2D eigenvalue weighted by Crippen LogP contribution is 2.32. The molecule has 0 aliphatic carbocycles. The van der Waals surface area contributed by atoms with E-state index >= 15 is 0 Å². The van der Waals surface area contributed by atoms with Gasteiger partial charge in [-0.2, -0.15) is 0 Å². The SMILES string of the molecule is COC(=O)C1CCC2N=CSC2O1. The summed E-state index contributed by atoms with van der Waals surface area (Å²) in [7, 11) is 1.38.